The summed E-state index contributed by atoms with van der Waals surface area (Å²) >= 11 is 8.80. The molecule has 0 aromatic heterocycles. The molecule has 1 aromatic rings. The molecule has 0 radical (unpaired) electrons. The van der Waals surface area contributed by atoms with Crippen LogP contribution in [-0.4, -0.2) is 11.7 Å². The molecule has 0 spiro atoms. The topological polar surface area (TPSA) is 43.1 Å². The molecular weight excluding hydrogens is 265 g/mol. The first kappa shape index (κ1) is 11.5. The Hall–Kier alpha value is -0.540. The van der Waals surface area contributed by atoms with Gasteiger partial charge in [0.15, 0.2) is 5.78 Å². The van der Waals surface area contributed by atoms with Crippen LogP contribution in [0.3, 0.4) is 0 Å². The van der Waals surface area contributed by atoms with Crippen molar-refractivity contribution in [3.63, 3.8) is 0 Å². The average molecular weight is 277 g/mol. The first-order chi connectivity index (χ1) is 6.69. The number of alkyl halides is 2. The van der Waals surface area contributed by atoms with E-state index in [0.29, 0.717) is 28.9 Å². The highest BCUT2D eigenvalue weighted by Crippen LogP contribution is 2.18. The largest absolute Gasteiger partial charge is 0.398 e. The highest BCUT2D eigenvalue weighted by atomic mass is 79.9. The summed E-state index contributed by atoms with van der Waals surface area (Å²) in [6.07, 6.45) is 0.356. The molecule has 0 aliphatic rings. The van der Waals surface area contributed by atoms with Gasteiger partial charge in [-0.15, -0.1) is 11.6 Å². The van der Waals surface area contributed by atoms with Gasteiger partial charge >= 0.3 is 0 Å². The maximum Gasteiger partial charge on any atom is 0.164 e. The Balaban J connectivity index is 2.91. The summed E-state index contributed by atoms with van der Waals surface area (Å²) in [6.45, 7) is 0. The minimum Gasteiger partial charge on any atom is -0.398 e. The van der Waals surface area contributed by atoms with Gasteiger partial charge < -0.3 is 5.73 Å². The Morgan fingerprint density at radius 2 is 2.21 bits per heavy atom. The van der Waals surface area contributed by atoms with Crippen molar-refractivity contribution >= 4 is 39.0 Å². The number of halogens is 2. The maximum atomic E-state index is 11.4. The molecule has 76 valence electrons. The molecule has 0 saturated heterocycles. The number of Topliss-reactive ketones (excluding diaryl/α,β-unsaturated/α-hetero) is 1. The second-order valence-electron chi connectivity index (χ2n) is 2.91. The number of rotatable bonds is 4. The predicted octanol–water partition coefficient (Wildman–Crippen LogP) is 2.98. The molecule has 0 heterocycles. The summed E-state index contributed by atoms with van der Waals surface area (Å²) in [7, 11) is 0. The van der Waals surface area contributed by atoms with Crippen molar-refractivity contribution in [3.05, 3.63) is 29.3 Å². The van der Waals surface area contributed by atoms with Crippen LogP contribution in [0.1, 0.15) is 22.3 Å². The Kier molecular flexibility index (Phi) is 4.42. The van der Waals surface area contributed by atoms with Crippen LogP contribution >= 0.6 is 27.5 Å². The van der Waals surface area contributed by atoms with E-state index in [2.05, 4.69) is 15.9 Å². The van der Waals surface area contributed by atoms with Crippen molar-refractivity contribution in [1.29, 1.82) is 0 Å². The van der Waals surface area contributed by atoms with E-state index >= 15 is 0 Å². The SMILES string of the molecule is Nc1cc(C(=O)CCCl)ccc1CBr. The van der Waals surface area contributed by atoms with E-state index in [4.69, 9.17) is 17.3 Å². The van der Waals surface area contributed by atoms with Crippen LogP contribution in [0.25, 0.3) is 0 Å². The van der Waals surface area contributed by atoms with Crippen molar-refractivity contribution in [2.75, 3.05) is 11.6 Å². The lowest BCUT2D eigenvalue weighted by Crippen LogP contribution is -2.02. The maximum absolute atomic E-state index is 11.4. The normalized spacial score (nSPS) is 10.1. The Morgan fingerprint density at radius 3 is 2.71 bits per heavy atom. The zero-order valence-electron chi connectivity index (χ0n) is 7.59. The van der Waals surface area contributed by atoms with Gasteiger partial charge in [-0.2, -0.15) is 0 Å². The van der Waals surface area contributed by atoms with E-state index < -0.39 is 0 Å². The second-order valence-corrected chi connectivity index (χ2v) is 3.85. The number of benzene rings is 1. The van der Waals surface area contributed by atoms with Crippen LogP contribution in [0.4, 0.5) is 5.69 Å². The highest BCUT2D eigenvalue weighted by molar-refractivity contribution is 9.08. The average Bonchev–Trinajstić information content (AvgIpc) is 2.18. The Morgan fingerprint density at radius 1 is 1.50 bits per heavy atom. The fourth-order valence-corrected chi connectivity index (χ4v) is 1.80. The van der Waals surface area contributed by atoms with Crippen LogP contribution in [0.5, 0.6) is 0 Å². The summed E-state index contributed by atoms with van der Waals surface area (Å²) in [4.78, 5) is 11.4. The minimum absolute atomic E-state index is 0.0350. The van der Waals surface area contributed by atoms with Gasteiger partial charge in [0.2, 0.25) is 0 Å². The van der Waals surface area contributed by atoms with Crippen LogP contribution in [-0.2, 0) is 5.33 Å². The second kappa shape index (κ2) is 5.37. The lowest BCUT2D eigenvalue weighted by molar-refractivity contribution is 0.0989. The number of carbonyl (C=O) groups excluding carboxylic acids is 1. The van der Waals surface area contributed by atoms with E-state index in [-0.39, 0.29) is 5.78 Å². The number of carbonyl (C=O) groups is 1. The number of nitrogens with two attached hydrogens (primary N) is 1. The monoisotopic (exact) mass is 275 g/mol. The quantitative estimate of drug-likeness (QED) is 0.522. The number of hydrogen-bond donors (Lipinski definition) is 1. The van der Waals surface area contributed by atoms with E-state index in [1.54, 1.807) is 12.1 Å². The molecule has 0 aliphatic heterocycles. The summed E-state index contributed by atoms with van der Waals surface area (Å²) < 4.78 is 0. The van der Waals surface area contributed by atoms with E-state index in [0.717, 1.165) is 5.56 Å². The highest BCUT2D eigenvalue weighted by Gasteiger charge is 2.06. The molecular formula is C10H11BrClNO. The first-order valence-electron chi connectivity index (χ1n) is 4.22. The van der Waals surface area contributed by atoms with Gasteiger partial charge in [-0.3, -0.25) is 4.79 Å². The van der Waals surface area contributed by atoms with Crippen molar-refractivity contribution < 1.29 is 4.79 Å². The summed E-state index contributed by atoms with van der Waals surface area (Å²) in [5, 5.41) is 0.697. The lowest BCUT2D eigenvalue weighted by atomic mass is 10.1. The van der Waals surface area contributed by atoms with Gasteiger partial charge in [-0.1, -0.05) is 28.1 Å². The molecule has 0 saturated carbocycles. The van der Waals surface area contributed by atoms with Crippen LogP contribution in [0.2, 0.25) is 0 Å². The third-order valence-electron chi connectivity index (χ3n) is 1.93. The zero-order valence-corrected chi connectivity index (χ0v) is 9.94. The van der Waals surface area contributed by atoms with Crippen molar-refractivity contribution in [3.8, 4) is 0 Å². The number of nitrogen functional groups attached to an aromatic ring is 1. The number of hydrogen-bond acceptors (Lipinski definition) is 2. The smallest absolute Gasteiger partial charge is 0.164 e. The van der Waals surface area contributed by atoms with Crippen molar-refractivity contribution in [1.82, 2.24) is 0 Å². The molecule has 2 N–H and O–H groups in total. The van der Waals surface area contributed by atoms with Gasteiger partial charge in [0.25, 0.3) is 0 Å². The summed E-state index contributed by atoms with van der Waals surface area (Å²) in [6, 6.07) is 5.33. The van der Waals surface area contributed by atoms with Crippen molar-refractivity contribution in [2.45, 2.75) is 11.8 Å². The third kappa shape index (κ3) is 2.72. The fraction of sp³-hybridized carbons (Fsp3) is 0.300. The minimum atomic E-state index is 0.0350. The van der Waals surface area contributed by atoms with Gasteiger partial charge in [-0.25, -0.2) is 0 Å². The molecule has 0 fully saturated rings. The van der Waals surface area contributed by atoms with Crippen LogP contribution in [0.15, 0.2) is 18.2 Å². The third-order valence-corrected chi connectivity index (χ3v) is 2.73. The number of anilines is 1. The van der Waals surface area contributed by atoms with Crippen LogP contribution < -0.4 is 5.73 Å². The van der Waals surface area contributed by atoms with E-state index in [1.165, 1.54) is 0 Å². The Bertz CT molecular complexity index is 341. The molecule has 4 heteroatoms. The summed E-state index contributed by atoms with van der Waals surface area (Å²) in [5.41, 5.74) is 8.02. The summed E-state index contributed by atoms with van der Waals surface area (Å²) in [5.74, 6) is 0.381. The Labute approximate surface area is 96.6 Å². The lowest BCUT2D eigenvalue weighted by Gasteiger charge is -2.04. The van der Waals surface area contributed by atoms with E-state index in [1.807, 2.05) is 6.07 Å². The first-order valence-corrected chi connectivity index (χ1v) is 5.88. The standard InChI is InChI=1S/C10H11BrClNO/c11-6-8-2-1-7(5-9(8)13)10(14)3-4-12/h1-2,5H,3-4,6,13H2. The molecule has 0 aliphatic carbocycles. The van der Waals surface area contributed by atoms with E-state index in [9.17, 15) is 4.79 Å². The molecule has 0 bridgehead atoms. The molecule has 0 unspecified atom stereocenters. The molecule has 1 aromatic carbocycles. The predicted molar refractivity (Wildman–Crippen MR) is 63.2 cm³/mol. The van der Waals surface area contributed by atoms with Crippen molar-refractivity contribution in [2.24, 2.45) is 0 Å². The molecule has 14 heavy (non-hydrogen) atoms. The fourth-order valence-electron chi connectivity index (χ4n) is 1.12. The molecule has 0 atom stereocenters. The van der Waals surface area contributed by atoms with Crippen LogP contribution in [0, 0.1) is 0 Å². The van der Waals surface area contributed by atoms with Gasteiger partial charge in [0.1, 0.15) is 0 Å². The molecule has 2 nitrogen and oxygen atoms in total. The molecule has 1 rings (SSSR count). The van der Waals surface area contributed by atoms with Gasteiger partial charge in [0, 0.05) is 28.9 Å². The molecule has 0 amide bonds. The van der Waals surface area contributed by atoms with Gasteiger partial charge in [-0.05, 0) is 11.6 Å². The zero-order chi connectivity index (χ0) is 10.6. The number of ketones is 1. The van der Waals surface area contributed by atoms with Gasteiger partial charge in [0.05, 0.1) is 0 Å².